The fourth-order valence-corrected chi connectivity index (χ4v) is 0.751. The molecule has 3 heteroatoms. The van der Waals surface area contributed by atoms with Crippen molar-refractivity contribution in [1.82, 2.24) is 9.97 Å². The number of aromatic amines is 1. The molecule has 0 radical (unpaired) electrons. The van der Waals surface area contributed by atoms with Gasteiger partial charge in [0.25, 0.3) is 5.56 Å². The standard InChI is InChI=1S/C8H12N2O/c1-8(2,3)7-9-5-4-6(11)10-7/h4-5H,1-3H3,(H,9,10,11). The molecule has 0 spiro atoms. The molecule has 0 saturated carbocycles. The molecule has 0 aliphatic rings. The average molecular weight is 152 g/mol. The van der Waals surface area contributed by atoms with Gasteiger partial charge in [0.2, 0.25) is 0 Å². The second-order valence-electron chi connectivity index (χ2n) is 3.53. The molecule has 0 bridgehead atoms. The van der Waals surface area contributed by atoms with Crippen LogP contribution >= 0.6 is 0 Å². The molecule has 0 saturated heterocycles. The van der Waals surface area contributed by atoms with Crippen LogP contribution in [0.4, 0.5) is 0 Å². The van der Waals surface area contributed by atoms with Crippen LogP contribution in [0, 0.1) is 0 Å². The lowest BCUT2D eigenvalue weighted by molar-refractivity contribution is 0.542. The van der Waals surface area contributed by atoms with E-state index in [1.54, 1.807) is 0 Å². The Balaban J connectivity index is 3.16. The summed E-state index contributed by atoms with van der Waals surface area (Å²) < 4.78 is 0. The first-order valence-electron chi connectivity index (χ1n) is 3.56. The van der Waals surface area contributed by atoms with Gasteiger partial charge in [-0.25, -0.2) is 4.98 Å². The highest BCUT2D eigenvalue weighted by Crippen LogP contribution is 2.15. The Bertz CT molecular complexity index is 295. The zero-order valence-electron chi connectivity index (χ0n) is 7.01. The largest absolute Gasteiger partial charge is 0.310 e. The van der Waals surface area contributed by atoms with Gasteiger partial charge in [0.15, 0.2) is 0 Å². The van der Waals surface area contributed by atoms with E-state index in [0.29, 0.717) is 0 Å². The molecule has 0 amide bonds. The lowest BCUT2D eigenvalue weighted by Crippen LogP contribution is -2.20. The van der Waals surface area contributed by atoms with Crippen molar-refractivity contribution < 1.29 is 0 Å². The van der Waals surface area contributed by atoms with Crippen LogP contribution in [-0.4, -0.2) is 9.97 Å². The maximum absolute atomic E-state index is 10.8. The van der Waals surface area contributed by atoms with E-state index in [1.807, 2.05) is 20.8 Å². The third-order valence-electron chi connectivity index (χ3n) is 1.38. The van der Waals surface area contributed by atoms with Gasteiger partial charge >= 0.3 is 0 Å². The van der Waals surface area contributed by atoms with Gasteiger partial charge in [-0.2, -0.15) is 0 Å². The molecule has 1 heterocycles. The number of H-pyrrole nitrogens is 1. The zero-order valence-corrected chi connectivity index (χ0v) is 7.01. The highest BCUT2D eigenvalue weighted by Gasteiger charge is 2.15. The van der Waals surface area contributed by atoms with Crippen LogP contribution < -0.4 is 5.56 Å². The quantitative estimate of drug-likeness (QED) is 0.604. The summed E-state index contributed by atoms with van der Waals surface area (Å²) in [5.41, 5.74) is -0.176. The summed E-state index contributed by atoms with van der Waals surface area (Å²) in [7, 11) is 0. The minimum absolute atomic E-state index is 0.0829. The predicted octanol–water partition coefficient (Wildman–Crippen LogP) is 1.07. The number of hydrogen-bond acceptors (Lipinski definition) is 2. The number of rotatable bonds is 0. The average Bonchev–Trinajstić information content (AvgIpc) is 1.86. The van der Waals surface area contributed by atoms with Gasteiger partial charge in [-0.1, -0.05) is 20.8 Å². The Morgan fingerprint density at radius 3 is 2.45 bits per heavy atom. The van der Waals surface area contributed by atoms with Crippen LogP contribution in [0.5, 0.6) is 0 Å². The lowest BCUT2D eigenvalue weighted by Gasteiger charge is -2.15. The normalized spacial score (nSPS) is 11.5. The molecule has 0 fully saturated rings. The van der Waals surface area contributed by atoms with Gasteiger partial charge < -0.3 is 4.98 Å². The second-order valence-corrected chi connectivity index (χ2v) is 3.53. The number of aromatic nitrogens is 2. The first kappa shape index (κ1) is 7.98. The van der Waals surface area contributed by atoms with Crippen molar-refractivity contribution in [3.05, 3.63) is 28.4 Å². The first-order chi connectivity index (χ1) is 5.00. The number of hydrogen-bond donors (Lipinski definition) is 1. The van der Waals surface area contributed by atoms with Crippen molar-refractivity contribution in [2.75, 3.05) is 0 Å². The van der Waals surface area contributed by atoms with E-state index >= 15 is 0 Å². The van der Waals surface area contributed by atoms with E-state index in [0.717, 1.165) is 5.82 Å². The van der Waals surface area contributed by atoms with Crippen molar-refractivity contribution in [3.63, 3.8) is 0 Å². The summed E-state index contributed by atoms with van der Waals surface area (Å²) in [6.07, 6.45) is 1.53. The topological polar surface area (TPSA) is 45.8 Å². The van der Waals surface area contributed by atoms with Gasteiger partial charge in [0.1, 0.15) is 5.82 Å². The summed E-state index contributed by atoms with van der Waals surface area (Å²) in [6.45, 7) is 6.02. The Labute approximate surface area is 65.5 Å². The molecule has 0 aliphatic heterocycles. The van der Waals surface area contributed by atoms with Gasteiger partial charge in [-0.3, -0.25) is 4.79 Å². The molecular weight excluding hydrogens is 140 g/mol. The SMILES string of the molecule is CC(C)(C)c1nccc(=O)[nH]1. The van der Waals surface area contributed by atoms with Gasteiger partial charge in [-0.15, -0.1) is 0 Å². The Morgan fingerprint density at radius 1 is 1.45 bits per heavy atom. The summed E-state index contributed by atoms with van der Waals surface area (Å²) in [5.74, 6) is 0.727. The summed E-state index contributed by atoms with van der Waals surface area (Å²) in [5, 5.41) is 0. The predicted molar refractivity (Wildman–Crippen MR) is 43.6 cm³/mol. The highest BCUT2D eigenvalue weighted by atomic mass is 16.1. The molecule has 1 aromatic rings. The van der Waals surface area contributed by atoms with Crippen LogP contribution in [-0.2, 0) is 5.41 Å². The van der Waals surface area contributed by atoms with E-state index < -0.39 is 0 Å². The monoisotopic (exact) mass is 152 g/mol. The molecule has 1 aromatic heterocycles. The summed E-state index contributed by atoms with van der Waals surface area (Å²) in [6, 6.07) is 1.41. The summed E-state index contributed by atoms with van der Waals surface area (Å²) in [4.78, 5) is 17.6. The van der Waals surface area contributed by atoms with Crippen LogP contribution in [0.3, 0.4) is 0 Å². The molecule has 1 rings (SSSR count). The fraction of sp³-hybridized carbons (Fsp3) is 0.500. The number of nitrogens with zero attached hydrogens (tertiary/aromatic N) is 1. The molecule has 0 atom stereocenters. The maximum atomic E-state index is 10.8. The molecule has 0 aliphatic carbocycles. The minimum atomic E-state index is -0.0927. The van der Waals surface area contributed by atoms with Crippen LogP contribution in [0.1, 0.15) is 26.6 Å². The van der Waals surface area contributed by atoms with Crippen molar-refractivity contribution in [1.29, 1.82) is 0 Å². The molecule has 60 valence electrons. The molecule has 0 unspecified atom stereocenters. The molecule has 0 aromatic carbocycles. The van der Waals surface area contributed by atoms with Gasteiger partial charge in [0, 0.05) is 17.7 Å². The molecule has 1 N–H and O–H groups in total. The van der Waals surface area contributed by atoms with E-state index in [1.165, 1.54) is 12.3 Å². The highest BCUT2D eigenvalue weighted by molar-refractivity contribution is 5.01. The van der Waals surface area contributed by atoms with Crippen LogP contribution in [0.2, 0.25) is 0 Å². The smallest absolute Gasteiger partial charge is 0.250 e. The van der Waals surface area contributed by atoms with E-state index in [2.05, 4.69) is 9.97 Å². The Kier molecular flexibility index (Phi) is 1.81. The van der Waals surface area contributed by atoms with Crippen molar-refractivity contribution in [2.24, 2.45) is 0 Å². The fourth-order valence-electron chi connectivity index (χ4n) is 0.751. The Morgan fingerprint density at radius 2 is 2.09 bits per heavy atom. The zero-order chi connectivity index (χ0) is 8.48. The second kappa shape index (κ2) is 2.49. The molecular formula is C8H12N2O. The van der Waals surface area contributed by atoms with Crippen molar-refractivity contribution in [3.8, 4) is 0 Å². The van der Waals surface area contributed by atoms with Crippen molar-refractivity contribution in [2.45, 2.75) is 26.2 Å². The maximum Gasteiger partial charge on any atom is 0.250 e. The van der Waals surface area contributed by atoms with Crippen molar-refractivity contribution >= 4 is 0 Å². The summed E-state index contributed by atoms with van der Waals surface area (Å²) >= 11 is 0. The number of nitrogens with one attached hydrogen (secondary N) is 1. The molecule has 3 nitrogen and oxygen atoms in total. The van der Waals surface area contributed by atoms with Crippen LogP contribution in [0.15, 0.2) is 17.1 Å². The first-order valence-corrected chi connectivity index (χ1v) is 3.56. The Hall–Kier alpha value is -1.12. The van der Waals surface area contributed by atoms with Crippen LogP contribution in [0.25, 0.3) is 0 Å². The van der Waals surface area contributed by atoms with E-state index in [9.17, 15) is 4.79 Å². The molecule has 11 heavy (non-hydrogen) atoms. The van der Waals surface area contributed by atoms with Gasteiger partial charge in [-0.05, 0) is 0 Å². The van der Waals surface area contributed by atoms with E-state index in [4.69, 9.17) is 0 Å². The van der Waals surface area contributed by atoms with E-state index in [-0.39, 0.29) is 11.0 Å². The van der Waals surface area contributed by atoms with Gasteiger partial charge in [0.05, 0.1) is 0 Å². The third-order valence-corrected chi connectivity index (χ3v) is 1.38. The minimum Gasteiger partial charge on any atom is -0.310 e. The lowest BCUT2D eigenvalue weighted by atomic mass is 9.96. The third kappa shape index (κ3) is 1.90.